The summed E-state index contributed by atoms with van der Waals surface area (Å²) in [4.78, 5) is 45.6. The van der Waals surface area contributed by atoms with Crippen molar-refractivity contribution in [1.82, 2.24) is 20.3 Å². The monoisotopic (exact) mass is 401 g/mol. The minimum Gasteiger partial charge on any atom is -0.342 e. The average molecular weight is 401 g/mol. The summed E-state index contributed by atoms with van der Waals surface area (Å²) in [5, 5.41) is 4.20. The summed E-state index contributed by atoms with van der Waals surface area (Å²) in [6, 6.07) is 12.7. The highest BCUT2D eigenvalue weighted by Crippen LogP contribution is 2.23. The number of nitrogens with one attached hydrogen (secondary N) is 2. The van der Waals surface area contributed by atoms with Gasteiger partial charge in [-0.1, -0.05) is 25.1 Å². The topological polar surface area (TPSA) is 108 Å². The van der Waals surface area contributed by atoms with Crippen LogP contribution in [0.2, 0.25) is 0 Å². The van der Waals surface area contributed by atoms with Crippen molar-refractivity contribution in [2.24, 2.45) is 11.0 Å². The van der Waals surface area contributed by atoms with Crippen molar-refractivity contribution >= 4 is 34.5 Å². The van der Waals surface area contributed by atoms with E-state index in [1.807, 2.05) is 25.1 Å². The molecule has 0 spiro atoms. The lowest BCUT2D eigenvalue weighted by atomic mass is 9.94. The molecule has 3 heterocycles. The number of hydrogen-bond acceptors (Lipinski definition) is 5. The maximum atomic E-state index is 12.5. The van der Waals surface area contributed by atoms with Gasteiger partial charge < -0.3 is 4.98 Å². The minimum atomic E-state index is -0.264. The van der Waals surface area contributed by atoms with Crippen molar-refractivity contribution in [3.8, 4) is 0 Å². The molecule has 1 unspecified atom stereocenters. The highest BCUT2D eigenvalue weighted by atomic mass is 16.2. The van der Waals surface area contributed by atoms with Crippen LogP contribution in [0.3, 0.4) is 0 Å². The number of aromatic nitrogens is 2. The van der Waals surface area contributed by atoms with Gasteiger partial charge in [0.1, 0.15) is 5.82 Å². The first-order valence-electron chi connectivity index (χ1n) is 9.82. The molecule has 1 atom stereocenters. The van der Waals surface area contributed by atoms with Gasteiger partial charge in [-0.3, -0.25) is 19.3 Å². The van der Waals surface area contributed by atoms with Gasteiger partial charge in [-0.15, -0.1) is 0 Å². The Kier molecular flexibility index (Phi) is 4.20. The highest BCUT2D eigenvalue weighted by molar-refractivity contribution is 6.21. The van der Waals surface area contributed by atoms with Crippen LogP contribution in [0.25, 0.3) is 11.0 Å². The van der Waals surface area contributed by atoms with Gasteiger partial charge in [-0.25, -0.2) is 10.4 Å². The number of aromatic amines is 1. The standard InChI is InChI=1S/C22H19N5O3/c1-12-10-19(28)25-26-20(12)13-6-7-16-17(11-13)24-18(23-16)8-9-27-21(29)14-4-2-3-5-15(14)22(27)30/h2-7,11-12H,8-10H2,1H3,(H,23,24)(H,25,28). The average Bonchev–Trinajstić information content (AvgIpc) is 3.25. The Hall–Kier alpha value is -3.81. The molecule has 2 aliphatic heterocycles. The van der Waals surface area contributed by atoms with Crippen molar-refractivity contribution < 1.29 is 14.4 Å². The Morgan fingerprint density at radius 1 is 1.07 bits per heavy atom. The quantitative estimate of drug-likeness (QED) is 0.654. The molecule has 1 aromatic heterocycles. The maximum absolute atomic E-state index is 12.5. The molecule has 3 aromatic rings. The summed E-state index contributed by atoms with van der Waals surface area (Å²) in [6.07, 6.45) is 0.842. The zero-order valence-corrected chi connectivity index (χ0v) is 16.3. The molecule has 30 heavy (non-hydrogen) atoms. The van der Waals surface area contributed by atoms with Gasteiger partial charge in [-0.05, 0) is 24.3 Å². The number of imide groups is 1. The number of nitrogens with zero attached hydrogens (tertiary/aromatic N) is 3. The van der Waals surface area contributed by atoms with Gasteiger partial charge in [0.05, 0.1) is 27.9 Å². The fourth-order valence-corrected chi connectivity index (χ4v) is 4.00. The van der Waals surface area contributed by atoms with Gasteiger partial charge in [0.25, 0.3) is 11.8 Å². The molecular formula is C22H19N5O3. The molecule has 150 valence electrons. The van der Waals surface area contributed by atoms with Crippen molar-refractivity contribution in [2.45, 2.75) is 19.8 Å². The van der Waals surface area contributed by atoms with E-state index in [-0.39, 0.29) is 30.2 Å². The molecule has 0 radical (unpaired) electrons. The fourth-order valence-electron chi connectivity index (χ4n) is 4.00. The van der Waals surface area contributed by atoms with E-state index >= 15 is 0 Å². The summed E-state index contributed by atoms with van der Waals surface area (Å²) in [7, 11) is 0. The smallest absolute Gasteiger partial charge is 0.261 e. The largest absolute Gasteiger partial charge is 0.342 e. The molecular weight excluding hydrogens is 382 g/mol. The number of hydrazone groups is 1. The van der Waals surface area contributed by atoms with E-state index in [1.165, 1.54) is 4.90 Å². The first-order chi connectivity index (χ1) is 14.5. The number of H-pyrrole nitrogens is 1. The van der Waals surface area contributed by atoms with Crippen LogP contribution < -0.4 is 5.43 Å². The summed E-state index contributed by atoms with van der Waals surface area (Å²) in [5.41, 5.74) is 6.83. The van der Waals surface area contributed by atoms with E-state index in [0.717, 1.165) is 22.3 Å². The summed E-state index contributed by atoms with van der Waals surface area (Å²) >= 11 is 0. The van der Waals surface area contributed by atoms with Crippen LogP contribution in [0.1, 0.15) is 45.4 Å². The lowest BCUT2D eigenvalue weighted by Crippen LogP contribution is -2.32. The number of fused-ring (bicyclic) bond motifs is 2. The van der Waals surface area contributed by atoms with Crippen LogP contribution >= 0.6 is 0 Å². The van der Waals surface area contributed by atoms with Crippen molar-refractivity contribution in [1.29, 1.82) is 0 Å². The fraction of sp³-hybridized carbons (Fsp3) is 0.227. The number of carbonyl (C=O) groups excluding carboxylic acids is 3. The third kappa shape index (κ3) is 2.97. The van der Waals surface area contributed by atoms with Gasteiger partial charge in [0.2, 0.25) is 5.91 Å². The molecule has 0 saturated carbocycles. The summed E-state index contributed by atoms with van der Waals surface area (Å²) in [5.74, 6) is 0.128. The normalized spacial score (nSPS) is 18.6. The van der Waals surface area contributed by atoms with E-state index in [9.17, 15) is 14.4 Å². The van der Waals surface area contributed by atoms with Crippen LogP contribution in [-0.2, 0) is 11.2 Å². The molecule has 5 rings (SSSR count). The number of benzene rings is 2. The number of carbonyl (C=O) groups is 3. The van der Waals surface area contributed by atoms with Gasteiger partial charge >= 0.3 is 0 Å². The Labute approximate surface area is 172 Å². The van der Waals surface area contributed by atoms with Crippen LogP contribution in [0.15, 0.2) is 47.6 Å². The Morgan fingerprint density at radius 2 is 1.80 bits per heavy atom. The van der Waals surface area contributed by atoms with Crippen molar-refractivity contribution in [3.05, 3.63) is 65.0 Å². The van der Waals surface area contributed by atoms with Crippen molar-refractivity contribution in [2.75, 3.05) is 6.54 Å². The molecule has 0 bridgehead atoms. The van der Waals surface area contributed by atoms with Crippen LogP contribution in [0, 0.1) is 5.92 Å². The molecule has 3 amide bonds. The second-order valence-corrected chi connectivity index (χ2v) is 7.61. The lowest BCUT2D eigenvalue weighted by molar-refractivity contribution is -0.121. The van der Waals surface area contributed by atoms with E-state index < -0.39 is 0 Å². The third-order valence-corrected chi connectivity index (χ3v) is 5.54. The number of rotatable bonds is 4. The predicted octanol–water partition coefficient (Wildman–Crippen LogP) is 2.26. The SMILES string of the molecule is CC1CC(=O)NN=C1c1ccc2nc(CCN3C(=O)c4ccccc4C3=O)[nH]c2c1. The molecule has 0 aliphatic carbocycles. The maximum Gasteiger partial charge on any atom is 0.261 e. The summed E-state index contributed by atoms with van der Waals surface area (Å²) < 4.78 is 0. The van der Waals surface area contributed by atoms with E-state index in [2.05, 4.69) is 20.5 Å². The van der Waals surface area contributed by atoms with Gasteiger partial charge in [-0.2, -0.15) is 5.10 Å². The Morgan fingerprint density at radius 3 is 2.50 bits per heavy atom. The predicted molar refractivity (Wildman–Crippen MR) is 110 cm³/mol. The van der Waals surface area contributed by atoms with Crippen molar-refractivity contribution in [3.63, 3.8) is 0 Å². The number of amides is 3. The summed E-state index contributed by atoms with van der Waals surface area (Å²) in [6.45, 7) is 2.23. The molecule has 2 N–H and O–H groups in total. The first-order valence-corrected chi connectivity index (χ1v) is 9.82. The number of hydrogen-bond donors (Lipinski definition) is 2. The molecule has 8 nitrogen and oxygen atoms in total. The van der Waals surface area contributed by atoms with E-state index in [1.54, 1.807) is 24.3 Å². The third-order valence-electron chi connectivity index (χ3n) is 5.54. The molecule has 0 saturated heterocycles. The first kappa shape index (κ1) is 18.2. The van der Waals surface area contributed by atoms with Crippen LogP contribution in [-0.4, -0.2) is 44.8 Å². The molecule has 0 fully saturated rings. The van der Waals surface area contributed by atoms with Gasteiger partial charge in [0.15, 0.2) is 0 Å². The molecule has 2 aromatic carbocycles. The number of imidazole rings is 1. The Bertz CT molecular complexity index is 1210. The zero-order chi connectivity index (χ0) is 20.8. The van der Waals surface area contributed by atoms with Gasteiger partial charge in [0, 0.05) is 30.9 Å². The van der Waals surface area contributed by atoms with Crippen LogP contribution in [0.5, 0.6) is 0 Å². The second kappa shape index (κ2) is 6.91. The minimum absolute atomic E-state index is 0.0346. The lowest BCUT2D eigenvalue weighted by Gasteiger charge is -2.19. The van der Waals surface area contributed by atoms with Crippen LogP contribution in [0.4, 0.5) is 0 Å². The Balaban J connectivity index is 1.35. The highest BCUT2D eigenvalue weighted by Gasteiger charge is 2.34. The second-order valence-electron chi connectivity index (χ2n) is 7.61. The van der Waals surface area contributed by atoms with E-state index in [0.29, 0.717) is 29.8 Å². The molecule has 8 heteroatoms. The van der Waals surface area contributed by atoms with E-state index in [4.69, 9.17) is 0 Å². The molecule has 2 aliphatic rings. The zero-order valence-electron chi connectivity index (χ0n) is 16.3.